The summed E-state index contributed by atoms with van der Waals surface area (Å²) < 4.78 is 61.7. The first-order valence-electron chi connectivity index (χ1n) is 16.1. The monoisotopic (exact) mass is 766 g/mol. The summed E-state index contributed by atoms with van der Waals surface area (Å²) in [5, 5.41) is 0. The molecule has 0 radical (unpaired) electrons. The first-order valence-corrected chi connectivity index (χ1v) is 28.2. The topological polar surface area (TPSA) is 144 Å². The minimum Gasteiger partial charge on any atom is -0.462 e. The molecule has 1 fully saturated rings. The third kappa shape index (κ3) is 15.1. The van der Waals surface area contributed by atoms with E-state index in [9.17, 15) is 14.4 Å². The first kappa shape index (κ1) is 44.5. The molecule has 0 saturated carbocycles. The lowest BCUT2D eigenvalue weighted by atomic mass is 10.4. The van der Waals surface area contributed by atoms with Gasteiger partial charge in [0.25, 0.3) is 0 Å². The van der Waals surface area contributed by atoms with Crippen molar-refractivity contribution in [3.05, 3.63) is 36.5 Å². The fraction of sp³-hybridized carbons (Fsp3) is 0.700. The minimum atomic E-state index is -3.11. The van der Waals surface area contributed by atoms with Gasteiger partial charge in [0.15, 0.2) is 0 Å². The Bertz CT molecular complexity index is 1090. The summed E-state index contributed by atoms with van der Waals surface area (Å²) in [7, 11) is -10.6. The Morgan fingerprint density at radius 3 is 1.00 bits per heavy atom. The van der Waals surface area contributed by atoms with Crippen LogP contribution in [0.3, 0.4) is 0 Å². The summed E-state index contributed by atoms with van der Waals surface area (Å²) in [6.45, 7) is 24.2. The molecule has 1 heterocycles. The van der Waals surface area contributed by atoms with E-state index in [4.69, 9.17) is 43.9 Å². The van der Waals surface area contributed by atoms with Gasteiger partial charge < -0.3 is 43.9 Å². The molecule has 1 rings (SSSR count). The lowest BCUT2D eigenvalue weighted by Crippen LogP contribution is -2.67. The maximum absolute atomic E-state index is 12.0. The number of carbonyl (C=O) groups excluding carboxylic acids is 3. The summed E-state index contributed by atoms with van der Waals surface area (Å²) in [6.07, 6.45) is 1.51. The van der Waals surface area contributed by atoms with Crippen LogP contribution >= 0.6 is 0 Å². The second-order valence-corrected chi connectivity index (χ2v) is 30.2. The van der Waals surface area contributed by atoms with E-state index in [0.717, 1.165) is 0 Å². The fourth-order valence-electron chi connectivity index (χ4n) is 5.30. The number of ether oxygens (including phenoxy) is 3. The summed E-state index contributed by atoms with van der Waals surface area (Å²) in [5.74, 6) is -1.36. The van der Waals surface area contributed by atoms with Gasteiger partial charge in [-0.25, -0.2) is 14.4 Å². The second-order valence-electron chi connectivity index (χ2n) is 12.8. The second kappa shape index (κ2) is 19.7. The first-order chi connectivity index (χ1) is 22.2. The SMILES string of the molecule is C=C(C)C(=O)OCCC[Si]1(C)O[Si](C)(CCCOC(=O)C(=C)C)O[Si](C)(CC[Si](OC)(OC)OC)O[Si](C)(CCCOC(=O)C(=C)C)O1. The molecule has 0 aliphatic carbocycles. The van der Waals surface area contributed by atoms with Crippen molar-refractivity contribution in [2.75, 3.05) is 41.2 Å². The lowest BCUT2D eigenvalue weighted by molar-refractivity contribution is -0.139. The van der Waals surface area contributed by atoms with Crippen LogP contribution in [0.15, 0.2) is 36.5 Å². The summed E-state index contributed by atoms with van der Waals surface area (Å²) in [6, 6.07) is 2.46. The Labute approximate surface area is 292 Å². The Kier molecular flexibility index (Phi) is 18.3. The molecule has 48 heavy (non-hydrogen) atoms. The van der Waals surface area contributed by atoms with Crippen molar-refractivity contribution in [1.29, 1.82) is 0 Å². The van der Waals surface area contributed by atoms with Gasteiger partial charge in [-0.05, 0) is 90.4 Å². The van der Waals surface area contributed by atoms with Gasteiger partial charge >= 0.3 is 61.0 Å². The van der Waals surface area contributed by atoms with E-state index in [2.05, 4.69) is 19.7 Å². The van der Waals surface area contributed by atoms with Crippen LogP contribution in [-0.2, 0) is 58.3 Å². The van der Waals surface area contributed by atoms with Crippen molar-refractivity contribution in [1.82, 2.24) is 0 Å². The number of hydrogen-bond donors (Lipinski definition) is 0. The Hall–Kier alpha value is -1.57. The molecular formula is C30H58O13Si5. The van der Waals surface area contributed by atoms with Crippen molar-refractivity contribution < 1.29 is 58.3 Å². The number of hydrogen-bond acceptors (Lipinski definition) is 13. The molecule has 2 atom stereocenters. The number of carbonyl (C=O) groups is 3. The summed E-state index contributed by atoms with van der Waals surface area (Å²) >= 11 is 0. The van der Waals surface area contributed by atoms with Gasteiger partial charge in [-0.2, -0.15) is 0 Å². The highest BCUT2D eigenvalue weighted by Gasteiger charge is 2.57. The zero-order valence-electron chi connectivity index (χ0n) is 30.7. The van der Waals surface area contributed by atoms with Crippen molar-refractivity contribution in [2.45, 2.75) is 96.4 Å². The van der Waals surface area contributed by atoms with Gasteiger partial charge in [-0.1, -0.05) is 19.7 Å². The van der Waals surface area contributed by atoms with E-state index in [0.29, 0.717) is 66.2 Å². The molecule has 0 aromatic heterocycles. The van der Waals surface area contributed by atoms with Crippen LogP contribution in [-0.4, -0.2) is 102 Å². The predicted octanol–water partition coefficient (Wildman–Crippen LogP) is 5.76. The third-order valence-corrected chi connectivity index (χ3v) is 29.6. The Morgan fingerprint density at radius 1 is 0.521 bits per heavy atom. The molecule has 276 valence electrons. The van der Waals surface area contributed by atoms with Gasteiger partial charge in [0.1, 0.15) is 0 Å². The molecule has 1 saturated heterocycles. The van der Waals surface area contributed by atoms with Crippen molar-refractivity contribution >= 4 is 61.0 Å². The van der Waals surface area contributed by atoms with Crippen LogP contribution in [0.4, 0.5) is 0 Å². The molecule has 0 spiro atoms. The van der Waals surface area contributed by atoms with Crippen LogP contribution in [0, 0.1) is 0 Å². The molecule has 1 aliphatic heterocycles. The van der Waals surface area contributed by atoms with Gasteiger partial charge in [0.2, 0.25) is 0 Å². The normalized spacial score (nSPS) is 26.1. The van der Waals surface area contributed by atoms with Crippen molar-refractivity contribution in [2.24, 2.45) is 0 Å². The highest BCUT2D eigenvalue weighted by atomic mass is 28.5. The highest BCUT2D eigenvalue weighted by molar-refractivity contribution is 6.94. The van der Waals surface area contributed by atoms with E-state index in [1.807, 2.05) is 26.2 Å². The van der Waals surface area contributed by atoms with Crippen LogP contribution in [0.1, 0.15) is 40.0 Å². The highest BCUT2D eigenvalue weighted by Crippen LogP contribution is 2.39. The van der Waals surface area contributed by atoms with Crippen LogP contribution in [0.2, 0.25) is 56.4 Å². The van der Waals surface area contributed by atoms with Gasteiger partial charge in [0.05, 0.1) is 19.8 Å². The van der Waals surface area contributed by atoms with Gasteiger partial charge in [-0.3, -0.25) is 0 Å². The van der Waals surface area contributed by atoms with E-state index < -0.39 is 61.0 Å². The molecule has 0 amide bonds. The smallest absolute Gasteiger partial charge is 0.462 e. The number of rotatable bonds is 21. The lowest BCUT2D eigenvalue weighted by Gasteiger charge is -2.50. The van der Waals surface area contributed by atoms with Crippen LogP contribution in [0.25, 0.3) is 0 Å². The molecule has 1 aliphatic rings. The molecule has 0 aromatic carbocycles. The van der Waals surface area contributed by atoms with E-state index in [1.54, 1.807) is 42.1 Å². The van der Waals surface area contributed by atoms with Crippen LogP contribution < -0.4 is 0 Å². The Balaban J connectivity index is 3.45. The largest absolute Gasteiger partial charge is 0.500 e. The zero-order chi connectivity index (χ0) is 36.8. The van der Waals surface area contributed by atoms with Crippen molar-refractivity contribution in [3.63, 3.8) is 0 Å². The van der Waals surface area contributed by atoms with Crippen molar-refractivity contribution in [3.8, 4) is 0 Å². The maximum Gasteiger partial charge on any atom is 0.500 e. The third-order valence-electron chi connectivity index (χ3n) is 7.62. The predicted molar refractivity (Wildman–Crippen MR) is 193 cm³/mol. The summed E-state index contributed by atoms with van der Waals surface area (Å²) in [4.78, 5) is 36.1. The van der Waals surface area contributed by atoms with Gasteiger partial charge in [-0.15, -0.1) is 0 Å². The van der Waals surface area contributed by atoms with E-state index in [1.165, 1.54) is 0 Å². The number of esters is 3. The molecule has 0 aromatic rings. The minimum absolute atomic E-state index is 0.178. The molecule has 0 N–H and O–H groups in total. The quantitative estimate of drug-likeness (QED) is 0.0460. The van der Waals surface area contributed by atoms with Crippen LogP contribution in [0.5, 0.6) is 0 Å². The molecule has 13 nitrogen and oxygen atoms in total. The Morgan fingerprint density at radius 2 is 0.771 bits per heavy atom. The molecule has 0 bridgehead atoms. The van der Waals surface area contributed by atoms with E-state index in [-0.39, 0.29) is 19.8 Å². The van der Waals surface area contributed by atoms with E-state index >= 15 is 0 Å². The van der Waals surface area contributed by atoms with Gasteiger partial charge in [0, 0.05) is 44.1 Å². The molecule has 2 unspecified atom stereocenters. The average molecular weight is 767 g/mol. The fourth-order valence-corrected chi connectivity index (χ4v) is 31.9. The summed E-state index contributed by atoms with van der Waals surface area (Å²) in [5.41, 5.74) is 0.976. The zero-order valence-corrected chi connectivity index (χ0v) is 35.7. The average Bonchev–Trinajstić information content (AvgIpc) is 2.99. The molecule has 18 heteroatoms. The standard InChI is InChI=1S/C30H58O13Si5/c1-25(2)28(31)37-17-14-20-44(10)40-45(11,21-15-18-38-29(32)26(3)4)42-47(13,23-24-48(34-7,35-8)36-9)43-46(12,41-44)22-16-19-39-30(33)27(5)6/h1,3,5,14-24H2,2,4,6-13H3. The maximum atomic E-state index is 12.0. The molecular weight excluding hydrogens is 709 g/mol.